The van der Waals surface area contributed by atoms with Gasteiger partial charge in [-0.05, 0) is 6.92 Å². The average molecular weight is 282 g/mol. The van der Waals surface area contributed by atoms with Crippen LogP contribution in [0.1, 0.15) is 10.7 Å². The Morgan fingerprint density at radius 1 is 1.67 bits per heavy atom. The summed E-state index contributed by atoms with van der Waals surface area (Å²) in [6, 6.07) is 0. The van der Waals surface area contributed by atoms with Crippen molar-refractivity contribution >= 4 is 17.2 Å². The highest BCUT2D eigenvalue weighted by molar-refractivity contribution is 7.09. The summed E-state index contributed by atoms with van der Waals surface area (Å²) in [5.74, 6) is -2.87. The summed E-state index contributed by atoms with van der Waals surface area (Å²) in [4.78, 5) is 4.10. The monoisotopic (exact) mass is 282 g/mol. The molecule has 0 fully saturated rings. The molecule has 0 radical (unpaired) electrons. The van der Waals surface area contributed by atoms with E-state index in [4.69, 9.17) is 10.9 Å². The number of aryl methyl sites for hydroxylation is 1. The van der Waals surface area contributed by atoms with E-state index in [9.17, 15) is 13.2 Å². The Hall–Kier alpha value is -1.35. The Morgan fingerprint density at radius 3 is 2.78 bits per heavy atom. The van der Waals surface area contributed by atoms with Crippen LogP contribution < -0.4 is 11.1 Å². The lowest BCUT2D eigenvalue weighted by Gasteiger charge is -2.18. The van der Waals surface area contributed by atoms with Gasteiger partial charge in [0.15, 0.2) is 5.84 Å². The largest absolute Gasteiger partial charge is 0.409 e. The van der Waals surface area contributed by atoms with Crippen LogP contribution in [-0.2, 0) is 6.54 Å². The fourth-order valence-electron chi connectivity index (χ4n) is 1.29. The zero-order chi connectivity index (χ0) is 13.8. The second-order valence-corrected chi connectivity index (χ2v) is 4.67. The number of rotatable bonds is 5. The summed E-state index contributed by atoms with van der Waals surface area (Å²) in [6.07, 6.45) is -4.55. The second kappa shape index (κ2) is 6.01. The highest BCUT2D eigenvalue weighted by Crippen LogP contribution is 2.25. The first-order valence-electron chi connectivity index (χ1n) is 5.00. The van der Waals surface area contributed by atoms with Gasteiger partial charge in [0.05, 0.1) is 10.7 Å². The lowest BCUT2D eigenvalue weighted by atomic mass is 10.1. The summed E-state index contributed by atoms with van der Waals surface area (Å²) in [5, 5.41) is 15.9. The van der Waals surface area contributed by atoms with E-state index in [1.54, 1.807) is 5.38 Å². The molecule has 1 aromatic heterocycles. The number of oxime groups is 1. The van der Waals surface area contributed by atoms with Crippen molar-refractivity contribution < 1.29 is 18.4 Å². The van der Waals surface area contributed by atoms with E-state index >= 15 is 0 Å². The Balaban J connectivity index is 2.53. The smallest absolute Gasteiger partial charge is 0.400 e. The first kappa shape index (κ1) is 14.7. The summed E-state index contributed by atoms with van der Waals surface area (Å²) in [5.41, 5.74) is 5.68. The fraction of sp³-hybridized carbons (Fsp3) is 0.556. The molecule has 0 saturated heterocycles. The quantitative estimate of drug-likeness (QED) is 0.330. The molecule has 5 nitrogen and oxygen atoms in total. The number of halogens is 3. The van der Waals surface area contributed by atoms with Gasteiger partial charge in [-0.15, -0.1) is 11.3 Å². The summed E-state index contributed by atoms with van der Waals surface area (Å²) in [7, 11) is 0. The normalized spacial score (nSPS) is 14.8. The Kier molecular flexibility index (Phi) is 4.91. The molecule has 0 aliphatic heterocycles. The van der Waals surface area contributed by atoms with Gasteiger partial charge in [0.25, 0.3) is 0 Å². The number of thiazole rings is 1. The molecule has 1 unspecified atom stereocenters. The predicted octanol–water partition coefficient (Wildman–Crippen LogP) is 1.47. The fourth-order valence-corrected chi connectivity index (χ4v) is 1.90. The number of hydrogen-bond donors (Lipinski definition) is 3. The number of hydrogen-bond acceptors (Lipinski definition) is 5. The van der Waals surface area contributed by atoms with E-state index in [2.05, 4.69) is 15.5 Å². The average Bonchev–Trinajstić information content (AvgIpc) is 2.68. The molecule has 1 rings (SSSR count). The molecule has 18 heavy (non-hydrogen) atoms. The van der Waals surface area contributed by atoms with Crippen LogP contribution >= 0.6 is 11.3 Å². The molecule has 0 amide bonds. The first-order chi connectivity index (χ1) is 8.34. The van der Waals surface area contributed by atoms with Crippen LogP contribution in [-0.4, -0.2) is 28.7 Å². The van der Waals surface area contributed by atoms with Crippen molar-refractivity contribution in [1.29, 1.82) is 0 Å². The number of nitrogens with zero attached hydrogens (tertiary/aromatic N) is 2. The van der Waals surface area contributed by atoms with Crippen LogP contribution in [0.4, 0.5) is 13.2 Å². The topological polar surface area (TPSA) is 83.5 Å². The number of nitrogens with one attached hydrogen (secondary N) is 1. The Morgan fingerprint density at radius 2 is 2.33 bits per heavy atom. The first-order valence-corrected chi connectivity index (χ1v) is 5.88. The molecule has 102 valence electrons. The maximum absolute atomic E-state index is 12.6. The molecule has 0 spiro atoms. The van der Waals surface area contributed by atoms with Crippen LogP contribution in [0.25, 0.3) is 0 Å². The molecule has 0 aliphatic carbocycles. The molecule has 0 saturated carbocycles. The summed E-state index contributed by atoms with van der Waals surface area (Å²) >= 11 is 1.42. The summed E-state index contributed by atoms with van der Waals surface area (Å²) in [6.45, 7) is 1.55. The number of amidine groups is 1. The van der Waals surface area contributed by atoms with Crippen LogP contribution in [0.2, 0.25) is 0 Å². The maximum atomic E-state index is 12.6. The standard InChI is InChI=1S/C9H13F3N4OS/c1-5-15-6(4-18-5)2-14-3-7(8(13)16-17)9(10,11)12/h4,7,14,17H,2-3H2,1H3,(H2,13,16). The van der Waals surface area contributed by atoms with Crippen LogP contribution in [0, 0.1) is 12.8 Å². The summed E-state index contributed by atoms with van der Waals surface area (Å²) < 4.78 is 37.7. The molecule has 1 aromatic rings. The van der Waals surface area contributed by atoms with Crippen molar-refractivity contribution in [2.24, 2.45) is 16.8 Å². The van der Waals surface area contributed by atoms with Gasteiger partial charge in [0, 0.05) is 18.5 Å². The molecule has 0 bridgehead atoms. The van der Waals surface area contributed by atoms with Gasteiger partial charge in [-0.1, -0.05) is 5.16 Å². The molecule has 4 N–H and O–H groups in total. The van der Waals surface area contributed by atoms with Gasteiger partial charge < -0.3 is 16.3 Å². The molecule has 0 aliphatic rings. The molecule has 9 heteroatoms. The van der Waals surface area contributed by atoms with Crippen molar-refractivity contribution in [3.05, 3.63) is 16.1 Å². The Labute approximate surface area is 106 Å². The number of nitrogens with two attached hydrogens (primary N) is 1. The third-order valence-electron chi connectivity index (χ3n) is 2.19. The maximum Gasteiger partial charge on any atom is 0.400 e. The number of aromatic nitrogens is 1. The third-order valence-corrected chi connectivity index (χ3v) is 3.01. The van der Waals surface area contributed by atoms with E-state index < -0.39 is 24.5 Å². The van der Waals surface area contributed by atoms with E-state index in [0.717, 1.165) is 5.01 Å². The highest BCUT2D eigenvalue weighted by atomic mass is 32.1. The van der Waals surface area contributed by atoms with Gasteiger partial charge in [-0.3, -0.25) is 0 Å². The SMILES string of the molecule is Cc1nc(CNCC(C(N)=NO)C(F)(F)F)cs1. The molecular formula is C9H13F3N4OS. The van der Waals surface area contributed by atoms with Crippen LogP contribution in [0.3, 0.4) is 0 Å². The van der Waals surface area contributed by atoms with E-state index in [1.807, 2.05) is 6.92 Å². The predicted molar refractivity (Wildman–Crippen MR) is 61.5 cm³/mol. The minimum Gasteiger partial charge on any atom is -0.409 e. The minimum absolute atomic E-state index is 0.204. The van der Waals surface area contributed by atoms with Gasteiger partial charge in [-0.25, -0.2) is 4.98 Å². The molecule has 0 aromatic carbocycles. The highest BCUT2D eigenvalue weighted by Gasteiger charge is 2.42. The zero-order valence-electron chi connectivity index (χ0n) is 9.53. The van der Waals surface area contributed by atoms with Crippen molar-refractivity contribution in [3.8, 4) is 0 Å². The lowest BCUT2D eigenvalue weighted by Crippen LogP contribution is -2.42. The van der Waals surface area contributed by atoms with E-state index in [0.29, 0.717) is 5.69 Å². The molecular weight excluding hydrogens is 269 g/mol. The Bertz CT molecular complexity index is 418. The van der Waals surface area contributed by atoms with Gasteiger partial charge >= 0.3 is 6.18 Å². The minimum atomic E-state index is -4.55. The third kappa shape index (κ3) is 4.15. The van der Waals surface area contributed by atoms with E-state index in [-0.39, 0.29) is 6.54 Å². The van der Waals surface area contributed by atoms with Gasteiger partial charge in [0.1, 0.15) is 5.92 Å². The van der Waals surface area contributed by atoms with E-state index in [1.165, 1.54) is 11.3 Å². The molecule has 1 heterocycles. The van der Waals surface area contributed by atoms with Crippen LogP contribution in [0.15, 0.2) is 10.5 Å². The molecule has 1 atom stereocenters. The zero-order valence-corrected chi connectivity index (χ0v) is 10.3. The lowest BCUT2D eigenvalue weighted by molar-refractivity contribution is -0.155. The van der Waals surface area contributed by atoms with Crippen LogP contribution in [0.5, 0.6) is 0 Å². The van der Waals surface area contributed by atoms with Gasteiger partial charge in [0.2, 0.25) is 0 Å². The van der Waals surface area contributed by atoms with Gasteiger partial charge in [-0.2, -0.15) is 13.2 Å². The van der Waals surface area contributed by atoms with Crippen molar-refractivity contribution in [2.45, 2.75) is 19.6 Å². The number of alkyl halides is 3. The van der Waals surface area contributed by atoms with Crippen molar-refractivity contribution in [2.75, 3.05) is 6.54 Å². The van der Waals surface area contributed by atoms with Crippen molar-refractivity contribution in [3.63, 3.8) is 0 Å². The van der Waals surface area contributed by atoms with Crippen molar-refractivity contribution in [1.82, 2.24) is 10.3 Å². The second-order valence-electron chi connectivity index (χ2n) is 3.61.